The molecule has 1 amide bonds. The second-order valence-corrected chi connectivity index (χ2v) is 11.4. The van der Waals surface area contributed by atoms with Crippen molar-refractivity contribution in [3.8, 4) is 5.88 Å². The van der Waals surface area contributed by atoms with Gasteiger partial charge in [-0.25, -0.2) is 14.8 Å². The van der Waals surface area contributed by atoms with Gasteiger partial charge in [0.1, 0.15) is 11.4 Å². The molecule has 1 fully saturated rings. The van der Waals surface area contributed by atoms with Crippen molar-refractivity contribution in [1.82, 2.24) is 20.2 Å². The number of esters is 1. The molecule has 40 heavy (non-hydrogen) atoms. The Bertz CT molecular complexity index is 1140. The van der Waals surface area contributed by atoms with Crippen molar-refractivity contribution in [3.05, 3.63) is 47.3 Å². The number of nitrogens with one attached hydrogen (secondary N) is 1. The Labute approximate surface area is 237 Å². The highest BCUT2D eigenvalue weighted by Crippen LogP contribution is 2.28. The van der Waals surface area contributed by atoms with Crippen LogP contribution in [0.3, 0.4) is 0 Å². The van der Waals surface area contributed by atoms with Gasteiger partial charge in [0.05, 0.1) is 20.1 Å². The van der Waals surface area contributed by atoms with Gasteiger partial charge in [0, 0.05) is 49.7 Å². The number of fused-ring (bicyclic) bond motifs is 1. The number of likely N-dealkylation sites (tertiary alicyclic amines) is 1. The predicted molar refractivity (Wildman–Crippen MR) is 153 cm³/mol. The van der Waals surface area contributed by atoms with Crippen molar-refractivity contribution < 1.29 is 23.8 Å². The van der Waals surface area contributed by atoms with Crippen LogP contribution in [-0.2, 0) is 27.1 Å². The summed E-state index contributed by atoms with van der Waals surface area (Å²) < 4.78 is 16.0. The molecule has 2 aliphatic rings. The number of methoxy groups -OCH3 is 1. The highest BCUT2D eigenvalue weighted by Gasteiger charge is 2.31. The van der Waals surface area contributed by atoms with Gasteiger partial charge in [-0.3, -0.25) is 9.69 Å². The normalized spacial score (nSPS) is 16.6. The van der Waals surface area contributed by atoms with Gasteiger partial charge in [-0.05, 0) is 77.1 Å². The maximum absolute atomic E-state index is 12.8. The molecule has 2 aliphatic heterocycles. The predicted octanol–water partition coefficient (Wildman–Crippen LogP) is 4.07. The molecule has 10 heteroatoms. The molecule has 1 atom stereocenters. The van der Waals surface area contributed by atoms with E-state index < -0.39 is 5.60 Å². The molecule has 10 nitrogen and oxygen atoms in total. The lowest BCUT2D eigenvalue weighted by molar-refractivity contribution is -0.143. The van der Waals surface area contributed by atoms with E-state index in [1.165, 1.54) is 0 Å². The maximum atomic E-state index is 12.8. The van der Waals surface area contributed by atoms with E-state index in [-0.39, 0.29) is 30.6 Å². The number of aryl methyl sites for hydroxylation is 2. The Balaban J connectivity index is 1.27. The highest BCUT2D eigenvalue weighted by atomic mass is 16.6. The average molecular weight is 554 g/mol. The van der Waals surface area contributed by atoms with Crippen LogP contribution in [0.15, 0.2) is 30.5 Å². The molecule has 0 bridgehead atoms. The first kappa shape index (κ1) is 29.7. The molecule has 1 N–H and O–H groups in total. The zero-order valence-electron chi connectivity index (χ0n) is 24.4. The first-order valence-corrected chi connectivity index (χ1v) is 14.3. The Morgan fingerprint density at radius 1 is 1.18 bits per heavy atom. The number of ether oxygens (including phenoxy) is 3. The van der Waals surface area contributed by atoms with Gasteiger partial charge in [0.25, 0.3) is 0 Å². The van der Waals surface area contributed by atoms with Gasteiger partial charge in [-0.1, -0.05) is 12.1 Å². The Kier molecular flexibility index (Phi) is 9.97. The third-order valence-electron chi connectivity index (χ3n) is 7.06. The summed E-state index contributed by atoms with van der Waals surface area (Å²) in [7, 11) is 1.58. The highest BCUT2D eigenvalue weighted by molar-refractivity contribution is 5.88. The molecular weight excluding hydrogens is 510 g/mol. The molecule has 0 spiro atoms. The summed E-state index contributed by atoms with van der Waals surface area (Å²) in [6.07, 6.45) is 5.32. The molecule has 4 rings (SSSR count). The molecule has 4 heterocycles. The average Bonchev–Trinajstić information content (AvgIpc) is 2.89. The Morgan fingerprint density at radius 2 is 1.98 bits per heavy atom. The molecule has 0 unspecified atom stereocenters. The van der Waals surface area contributed by atoms with E-state index in [2.05, 4.69) is 27.3 Å². The van der Waals surface area contributed by atoms with Gasteiger partial charge < -0.3 is 24.4 Å². The second kappa shape index (κ2) is 13.4. The topological polar surface area (TPSA) is 106 Å². The molecular formula is C30H43N5O5. The number of anilines is 1. The van der Waals surface area contributed by atoms with Crippen LogP contribution in [-0.4, -0.2) is 78.5 Å². The van der Waals surface area contributed by atoms with Gasteiger partial charge >= 0.3 is 12.1 Å². The summed E-state index contributed by atoms with van der Waals surface area (Å²) in [6, 6.07) is 8.05. The fraction of sp³-hybridized carbons (Fsp3) is 0.600. The summed E-state index contributed by atoms with van der Waals surface area (Å²) in [5.41, 5.74) is 2.49. The van der Waals surface area contributed by atoms with E-state index in [1.807, 2.05) is 39.8 Å². The van der Waals surface area contributed by atoms with Gasteiger partial charge in [-0.2, -0.15) is 0 Å². The number of amides is 1. The monoisotopic (exact) mass is 553 g/mol. The molecule has 0 aliphatic carbocycles. The second-order valence-electron chi connectivity index (χ2n) is 11.4. The van der Waals surface area contributed by atoms with Crippen LogP contribution < -0.4 is 15.0 Å². The molecule has 0 radical (unpaired) electrons. The number of aromatic nitrogens is 2. The Hall–Kier alpha value is -3.24. The summed E-state index contributed by atoms with van der Waals surface area (Å²) in [4.78, 5) is 38.3. The van der Waals surface area contributed by atoms with E-state index in [0.717, 1.165) is 68.0 Å². The van der Waals surface area contributed by atoms with Crippen LogP contribution >= 0.6 is 0 Å². The van der Waals surface area contributed by atoms with E-state index >= 15 is 0 Å². The van der Waals surface area contributed by atoms with Crippen molar-refractivity contribution in [1.29, 1.82) is 0 Å². The quantitative estimate of drug-likeness (QED) is 0.412. The van der Waals surface area contributed by atoms with Crippen LogP contribution in [0, 0.1) is 0 Å². The van der Waals surface area contributed by atoms with E-state index in [0.29, 0.717) is 19.0 Å². The van der Waals surface area contributed by atoms with Gasteiger partial charge in [0.2, 0.25) is 5.88 Å². The number of carbonyl (C=O) groups excluding carboxylic acids is 2. The number of carbonyl (C=O) groups is 2. The van der Waals surface area contributed by atoms with Gasteiger partial charge in [0.15, 0.2) is 0 Å². The summed E-state index contributed by atoms with van der Waals surface area (Å²) in [6.45, 7) is 11.2. The minimum atomic E-state index is -0.541. The van der Waals surface area contributed by atoms with E-state index in [4.69, 9.17) is 19.2 Å². The molecule has 0 saturated carbocycles. The zero-order chi connectivity index (χ0) is 28.7. The van der Waals surface area contributed by atoms with Crippen LogP contribution in [0.2, 0.25) is 0 Å². The fourth-order valence-electron chi connectivity index (χ4n) is 5.12. The molecule has 2 aromatic rings. The van der Waals surface area contributed by atoms with E-state index in [1.54, 1.807) is 18.2 Å². The number of nitrogens with zero attached hydrogens (tertiary/aromatic N) is 4. The molecule has 218 valence electrons. The van der Waals surface area contributed by atoms with Crippen LogP contribution in [0.4, 0.5) is 10.6 Å². The lowest BCUT2D eigenvalue weighted by Crippen LogP contribution is -2.58. The first-order chi connectivity index (χ1) is 19.1. The molecule has 0 aromatic carbocycles. The number of hydrogen-bond donors (Lipinski definition) is 1. The molecule has 1 saturated heterocycles. The maximum Gasteiger partial charge on any atom is 0.416 e. The van der Waals surface area contributed by atoms with Crippen molar-refractivity contribution in [3.63, 3.8) is 0 Å². The van der Waals surface area contributed by atoms with Crippen molar-refractivity contribution in [2.45, 2.75) is 77.5 Å². The smallest absolute Gasteiger partial charge is 0.416 e. The summed E-state index contributed by atoms with van der Waals surface area (Å²) in [5, 5.41) is 3.62. The standard InChI is InChI=1S/C30H43N5O5/c1-6-39-27(36)17-25(22-12-14-26(38-5)31-18-22)32-24-19-34(20-24)15-8-10-23-13-11-21-9-7-16-35(28(21)33-23)29(37)40-30(2,3)4/h11-14,18,24-25,32H,6-10,15-17,19-20H2,1-5H3/t25-/m0/s1. The zero-order valence-corrected chi connectivity index (χ0v) is 24.4. The van der Waals surface area contributed by atoms with Crippen LogP contribution in [0.25, 0.3) is 0 Å². The third kappa shape index (κ3) is 8.14. The summed E-state index contributed by atoms with van der Waals surface area (Å²) >= 11 is 0. The van der Waals surface area contributed by atoms with Crippen LogP contribution in [0.5, 0.6) is 5.88 Å². The first-order valence-electron chi connectivity index (χ1n) is 14.3. The van der Waals surface area contributed by atoms with E-state index in [9.17, 15) is 9.59 Å². The number of rotatable bonds is 11. The largest absolute Gasteiger partial charge is 0.481 e. The van der Waals surface area contributed by atoms with Crippen molar-refractivity contribution in [2.75, 3.05) is 44.8 Å². The fourth-order valence-corrected chi connectivity index (χ4v) is 5.12. The minimum absolute atomic E-state index is 0.169. The number of hydrogen-bond acceptors (Lipinski definition) is 9. The number of pyridine rings is 2. The Morgan fingerprint density at radius 3 is 2.65 bits per heavy atom. The molecule has 2 aromatic heterocycles. The van der Waals surface area contributed by atoms with Gasteiger partial charge in [-0.15, -0.1) is 0 Å². The minimum Gasteiger partial charge on any atom is -0.481 e. The van der Waals surface area contributed by atoms with Crippen molar-refractivity contribution >= 4 is 17.9 Å². The third-order valence-corrected chi connectivity index (χ3v) is 7.06. The van der Waals surface area contributed by atoms with Crippen LogP contribution in [0.1, 0.15) is 69.8 Å². The lowest BCUT2D eigenvalue weighted by atomic mass is 10.0. The summed E-state index contributed by atoms with van der Waals surface area (Å²) in [5.74, 6) is 1.06. The van der Waals surface area contributed by atoms with Crippen molar-refractivity contribution in [2.24, 2.45) is 0 Å². The SMILES string of the molecule is CCOC(=O)C[C@H](NC1CN(CCCc2ccc3c(n2)N(C(=O)OC(C)(C)C)CCC3)C1)c1ccc(OC)nc1. The lowest BCUT2D eigenvalue weighted by Gasteiger charge is -2.41.